The Kier molecular flexibility index (Phi) is 23.0. The van der Waals surface area contributed by atoms with Crippen LogP contribution in [0.3, 0.4) is 0 Å². The lowest BCUT2D eigenvalue weighted by Crippen LogP contribution is -2.13. The number of ether oxygens (including phenoxy) is 1. The molecule has 6 nitrogen and oxygen atoms in total. The Hall–Kier alpha value is -2.44. The van der Waals surface area contributed by atoms with Gasteiger partial charge in [-0.3, -0.25) is 10.2 Å². The fourth-order valence-corrected chi connectivity index (χ4v) is 5.87. The predicted molar refractivity (Wildman–Crippen MR) is 200 cm³/mol. The Morgan fingerprint density at radius 2 is 1.15 bits per heavy atom. The van der Waals surface area contributed by atoms with Crippen molar-refractivity contribution in [1.82, 2.24) is 5.43 Å². The van der Waals surface area contributed by atoms with Crippen LogP contribution >= 0.6 is 23.2 Å². The number of carbonyl (C=O) groups is 2. The summed E-state index contributed by atoms with van der Waals surface area (Å²) in [7, 11) is 0. The van der Waals surface area contributed by atoms with Crippen molar-refractivity contribution in [2.45, 2.75) is 155 Å². The van der Waals surface area contributed by atoms with E-state index in [1.165, 1.54) is 109 Å². The quantitative estimate of drug-likeness (QED) is 0.0529. The molecule has 2 N–H and O–H groups in total. The lowest BCUT2D eigenvalue weighted by Gasteiger charge is -2.13. The van der Waals surface area contributed by atoms with E-state index in [2.05, 4.69) is 30.0 Å². The first-order valence-electron chi connectivity index (χ1n) is 18.5. The van der Waals surface area contributed by atoms with Gasteiger partial charge >= 0.3 is 5.97 Å². The van der Waals surface area contributed by atoms with Crippen molar-refractivity contribution in [2.75, 3.05) is 17.3 Å². The Morgan fingerprint density at radius 3 is 1.72 bits per heavy atom. The molecule has 1 amide bonds. The van der Waals surface area contributed by atoms with Crippen LogP contribution in [0.5, 0.6) is 0 Å². The van der Waals surface area contributed by atoms with Gasteiger partial charge in [0.05, 0.1) is 27.9 Å². The van der Waals surface area contributed by atoms with E-state index in [0.717, 1.165) is 25.7 Å². The molecule has 0 aliphatic rings. The number of unbranched alkanes of at least 4 members (excludes halogenated alkanes) is 19. The summed E-state index contributed by atoms with van der Waals surface area (Å²) in [5.41, 5.74) is 9.25. The zero-order valence-corrected chi connectivity index (χ0v) is 30.7. The van der Waals surface area contributed by atoms with E-state index in [4.69, 9.17) is 27.9 Å². The molecule has 0 atom stereocenters. The summed E-state index contributed by atoms with van der Waals surface area (Å²) in [6.45, 7) is 4.89. The van der Waals surface area contributed by atoms with Gasteiger partial charge in [-0.25, -0.2) is 4.79 Å². The zero-order chi connectivity index (χ0) is 34.0. The molecule has 2 rings (SSSR count). The standard InChI is InChI=1S/C39H60Cl2N3O3/c1-3-5-7-9-11-13-15-16-18-20-22-24-38(45)42-33-26-28-35(41)37(31-33)44-43-36-30-32(25-27-34(36)40)39(46)47-29-23-21-19-17-14-12-10-8-6-4-2/h25-28,30-31,43H,3-24,29H2,1-2H3,(H,42,45). The molecule has 0 fully saturated rings. The molecule has 0 aliphatic carbocycles. The number of hydrogen-bond donors (Lipinski definition) is 2. The Balaban J connectivity index is 1.68. The molecule has 2 aromatic rings. The van der Waals surface area contributed by atoms with Crippen LogP contribution in [-0.2, 0) is 9.53 Å². The normalized spacial score (nSPS) is 11.0. The number of benzene rings is 2. The third-order valence-corrected chi connectivity index (χ3v) is 9.12. The molecule has 0 bridgehead atoms. The van der Waals surface area contributed by atoms with Gasteiger partial charge in [0.25, 0.3) is 0 Å². The van der Waals surface area contributed by atoms with E-state index in [1.54, 1.807) is 36.4 Å². The highest BCUT2D eigenvalue weighted by Gasteiger charge is 2.12. The van der Waals surface area contributed by atoms with Crippen LogP contribution in [-0.4, -0.2) is 18.5 Å². The van der Waals surface area contributed by atoms with Crippen LogP contribution in [0.1, 0.15) is 165 Å². The first-order valence-corrected chi connectivity index (χ1v) is 19.2. The molecule has 263 valence electrons. The summed E-state index contributed by atoms with van der Waals surface area (Å²) in [6, 6.07) is 10.1. The highest BCUT2D eigenvalue weighted by Crippen LogP contribution is 2.28. The summed E-state index contributed by atoms with van der Waals surface area (Å²) >= 11 is 12.8. The van der Waals surface area contributed by atoms with Crippen molar-refractivity contribution in [3.8, 4) is 0 Å². The number of amides is 1. The molecule has 8 heteroatoms. The average Bonchev–Trinajstić information content (AvgIpc) is 3.06. The monoisotopic (exact) mass is 688 g/mol. The maximum atomic E-state index is 12.7. The number of carbonyl (C=O) groups excluding carboxylic acids is 2. The van der Waals surface area contributed by atoms with Crippen LogP contribution in [0.15, 0.2) is 36.4 Å². The molecule has 2 aromatic carbocycles. The summed E-state index contributed by atoms with van der Waals surface area (Å²) in [5, 5.41) is 3.78. The molecule has 0 spiro atoms. The molecular formula is C39H60Cl2N3O3. The molecule has 1 radical (unpaired) electrons. The molecular weight excluding hydrogens is 629 g/mol. The first-order chi connectivity index (χ1) is 22.9. The van der Waals surface area contributed by atoms with Gasteiger partial charge in [-0.05, 0) is 49.2 Å². The van der Waals surface area contributed by atoms with Gasteiger partial charge < -0.3 is 10.1 Å². The van der Waals surface area contributed by atoms with Crippen LogP contribution in [0.2, 0.25) is 10.0 Å². The highest BCUT2D eigenvalue weighted by atomic mass is 35.5. The lowest BCUT2D eigenvalue weighted by molar-refractivity contribution is -0.116. The van der Waals surface area contributed by atoms with E-state index in [-0.39, 0.29) is 11.9 Å². The number of esters is 1. The Morgan fingerprint density at radius 1 is 0.638 bits per heavy atom. The van der Waals surface area contributed by atoms with Crippen LogP contribution in [0.4, 0.5) is 17.1 Å². The van der Waals surface area contributed by atoms with E-state index >= 15 is 0 Å². The van der Waals surface area contributed by atoms with Gasteiger partial charge in [0.2, 0.25) is 5.91 Å². The number of nitrogens with zero attached hydrogens (tertiary/aromatic N) is 1. The van der Waals surface area contributed by atoms with Gasteiger partial charge in [-0.1, -0.05) is 159 Å². The number of anilines is 2. The second-order valence-corrected chi connectivity index (χ2v) is 13.6. The maximum absolute atomic E-state index is 12.7. The number of nitrogens with one attached hydrogen (secondary N) is 2. The van der Waals surface area contributed by atoms with Gasteiger partial charge in [0, 0.05) is 12.1 Å². The van der Waals surface area contributed by atoms with Gasteiger partial charge in [0.15, 0.2) is 0 Å². The van der Waals surface area contributed by atoms with Crippen LogP contribution in [0, 0.1) is 0 Å². The minimum Gasteiger partial charge on any atom is -0.462 e. The smallest absolute Gasteiger partial charge is 0.338 e. The summed E-state index contributed by atoms with van der Waals surface area (Å²) < 4.78 is 5.50. The largest absolute Gasteiger partial charge is 0.462 e. The second-order valence-electron chi connectivity index (χ2n) is 12.7. The topological polar surface area (TPSA) is 81.5 Å². The van der Waals surface area contributed by atoms with Crippen molar-refractivity contribution in [3.05, 3.63) is 52.0 Å². The molecule has 0 saturated carbocycles. The van der Waals surface area contributed by atoms with Crippen molar-refractivity contribution >= 4 is 52.1 Å². The van der Waals surface area contributed by atoms with E-state index < -0.39 is 0 Å². The van der Waals surface area contributed by atoms with Crippen LogP contribution < -0.4 is 16.2 Å². The Bertz CT molecular complexity index is 1140. The summed E-state index contributed by atoms with van der Waals surface area (Å²) in [6.07, 6.45) is 26.5. The highest BCUT2D eigenvalue weighted by molar-refractivity contribution is 6.33. The van der Waals surface area contributed by atoms with Crippen LogP contribution in [0.25, 0.3) is 0 Å². The number of hydrogen-bond acceptors (Lipinski definition) is 4. The van der Waals surface area contributed by atoms with E-state index in [0.29, 0.717) is 45.7 Å². The van der Waals surface area contributed by atoms with Gasteiger partial charge in [0.1, 0.15) is 5.69 Å². The van der Waals surface area contributed by atoms with E-state index in [9.17, 15) is 9.59 Å². The average molecular weight is 690 g/mol. The molecule has 0 aromatic heterocycles. The fraction of sp³-hybridized carbons (Fsp3) is 0.641. The van der Waals surface area contributed by atoms with Crippen molar-refractivity contribution in [3.63, 3.8) is 0 Å². The number of rotatable bonds is 28. The first kappa shape index (κ1) is 40.7. The van der Waals surface area contributed by atoms with Crippen molar-refractivity contribution in [1.29, 1.82) is 0 Å². The van der Waals surface area contributed by atoms with Gasteiger partial charge in [-0.2, -0.15) is 5.43 Å². The SMILES string of the molecule is CCCCCCCCCCCCCC(=O)Nc1ccc(Cl)c([N]Nc2cc(C(=O)OCCCCCCCCCCCC)ccc2Cl)c1. The predicted octanol–water partition coefficient (Wildman–Crippen LogP) is 13.0. The van der Waals surface area contributed by atoms with Gasteiger partial charge in [-0.15, -0.1) is 0 Å². The number of halogens is 2. The molecule has 0 aliphatic heterocycles. The maximum Gasteiger partial charge on any atom is 0.338 e. The van der Waals surface area contributed by atoms with Crippen molar-refractivity contribution in [2.24, 2.45) is 0 Å². The Labute approximate surface area is 295 Å². The molecule has 0 heterocycles. The minimum atomic E-state index is -0.388. The second kappa shape index (κ2) is 26.5. The summed E-state index contributed by atoms with van der Waals surface area (Å²) in [5.74, 6) is -0.407. The third-order valence-electron chi connectivity index (χ3n) is 8.47. The molecule has 0 unspecified atom stereocenters. The fourth-order valence-electron chi connectivity index (χ4n) is 5.55. The van der Waals surface area contributed by atoms with E-state index in [1.807, 2.05) is 0 Å². The lowest BCUT2D eigenvalue weighted by atomic mass is 10.1. The minimum absolute atomic E-state index is 0.0192. The van der Waals surface area contributed by atoms with Crippen molar-refractivity contribution < 1.29 is 14.3 Å². The summed E-state index contributed by atoms with van der Waals surface area (Å²) in [4.78, 5) is 25.2. The zero-order valence-electron chi connectivity index (χ0n) is 29.2. The molecule has 47 heavy (non-hydrogen) atoms. The third kappa shape index (κ3) is 19.2. The molecule has 0 saturated heterocycles.